The minimum atomic E-state index is -0.527. The largest absolute Gasteiger partial charge is 0.493 e. The van der Waals surface area contributed by atoms with Gasteiger partial charge in [0.1, 0.15) is 18.2 Å². The Balaban J connectivity index is 1.59. The lowest BCUT2D eigenvalue weighted by Crippen LogP contribution is -2.31. The Kier molecular flexibility index (Phi) is 6.30. The lowest BCUT2D eigenvalue weighted by molar-refractivity contribution is 0.0947. The molecule has 4 heterocycles. The molecule has 2 aliphatic heterocycles. The molecular weight excluding hydrogens is 461 g/mol. The second-order valence-electron chi connectivity index (χ2n) is 8.30. The minimum absolute atomic E-state index is 0.123. The molecule has 1 fully saturated rings. The maximum absolute atomic E-state index is 14.2. The molecule has 2 aromatic heterocycles. The van der Waals surface area contributed by atoms with Gasteiger partial charge in [0.25, 0.3) is 5.91 Å². The van der Waals surface area contributed by atoms with E-state index in [4.69, 9.17) is 21.1 Å². The van der Waals surface area contributed by atoms with Crippen LogP contribution in [0.15, 0.2) is 30.6 Å². The fourth-order valence-corrected chi connectivity index (χ4v) is 4.78. The first-order valence-electron chi connectivity index (χ1n) is 11.2. The highest BCUT2D eigenvalue weighted by molar-refractivity contribution is 6.32. The number of fused-ring (bicyclic) bond motifs is 1. The molecule has 5 rings (SSSR count). The van der Waals surface area contributed by atoms with Gasteiger partial charge in [-0.05, 0) is 31.5 Å². The summed E-state index contributed by atoms with van der Waals surface area (Å²) in [6, 6.07) is 4.57. The molecule has 1 amide bonds. The van der Waals surface area contributed by atoms with Crippen molar-refractivity contribution in [3.05, 3.63) is 52.7 Å². The maximum Gasteiger partial charge on any atom is 0.255 e. The summed E-state index contributed by atoms with van der Waals surface area (Å²) in [5.74, 6) is 0.112. The molecule has 3 aromatic rings. The number of carbonyl (C=O) groups excluding carboxylic acids is 1. The maximum atomic E-state index is 14.2. The standard InChI is InChI=1S/C24H25ClFN5O3/c1-33-23-16(25)9-13(26)10-18(23)31-22-20-17(5-8-29-24(20)32)30-21(22)15-4-7-27-11-19(15)34-12-14-3-2-6-28-14/h4,7,9-11,14,28,30-31H,2-3,5-6,8,12H2,1H3,(H,29,32)/t14-/m0/s1. The van der Waals surface area contributed by atoms with Gasteiger partial charge in [0.15, 0.2) is 5.75 Å². The monoisotopic (exact) mass is 485 g/mol. The van der Waals surface area contributed by atoms with Gasteiger partial charge in [0.2, 0.25) is 0 Å². The molecule has 1 saturated heterocycles. The number of ether oxygens (including phenoxy) is 2. The lowest BCUT2D eigenvalue weighted by atomic mass is 10.0. The van der Waals surface area contributed by atoms with Gasteiger partial charge in [-0.15, -0.1) is 0 Å². The molecule has 0 unspecified atom stereocenters. The summed E-state index contributed by atoms with van der Waals surface area (Å²) in [7, 11) is 1.45. The average Bonchev–Trinajstić information content (AvgIpc) is 3.46. The summed E-state index contributed by atoms with van der Waals surface area (Å²) in [6.07, 6.45) is 6.13. The van der Waals surface area contributed by atoms with Crippen LogP contribution in [0.3, 0.4) is 0 Å². The Labute approximate surface area is 201 Å². The SMILES string of the molecule is COc1c(Cl)cc(F)cc1Nc1c(-c2ccncc2OC[C@@H]2CCCN2)[nH]c2c1C(=O)NCC2. The first-order chi connectivity index (χ1) is 16.5. The third-order valence-corrected chi connectivity index (χ3v) is 6.37. The molecule has 34 heavy (non-hydrogen) atoms. The number of aromatic nitrogens is 2. The van der Waals surface area contributed by atoms with Crippen LogP contribution in [0.5, 0.6) is 11.5 Å². The molecule has 8 nitrogen and oxygen atoms in total. The summed E-state index contributed by atoms with van der Waals surface area (Å²) < 4.78 is 25.8. The second kappa shape index (κ2) is 9.52. The van der Waals surface area contributed by atoms with E-state index in [0.717, 1.165) is 30.6 Å². The van der Waals surface area contributed by atoms with Crippen molar-refractivity contribution < 1.29 is 18.7 Å². The Morgan fingerprint density at radius 1 is 1.32 bits per heavy atom. The highest BCUT2D eigenvalue weighted by Gasteiger charge is 2.29. The predicted molar refractivity (Wildman–Crippen MR) is 128 cm³/mol. The van der Waals surface area contributed by atoms with E-state index in [1.165, 1.54) is 19.2 Å². The van der Waals surface area contributed by atoms with E-state index in [0.29, 0.717) is 48.0 Å². The van der Waals surface area contributed by atoms with E-state index in [2.05, 4.69) is 25.9 Å². The lowest BCUT2D eigenvalue weighted by Gasteiger charge is -2.18. The summed E-state index contributed by atoms with van der Waals surface area (Å²) in [5.41, 5.74) is 3.41. The van der Waals surface area contributed by atoms with Crippen molar-refractivity contribution in [3.63, 3.8) is 0 Å². The molecular formula is C24H25ClFN5O3. The van der Waals surface area contributed by atoms with Crippen molar-refractivity contribution in [2.45, 2.75) is 25.3 Å². The van der Waals surface area contributed by atoms with Crippen LogP contribution in [0, 0.1) is 5.82 Å². The van der Waals surface area contributed by atoms with Crippen LogP contribution >= 0.6 is 11.6 Å². The van der Waals surface area contributed by atoms with E-state index in [-0.39, 0.29) is 22.7 Å². The van der Waals surface area contributed by atoms with Crippen LogP contribution in [-0.4, -0.2) is 48.7 Å². The minimum Gasteiger partial charge on any atom is -0.493 e. The highest BCUT2D eigenvalue weighted by Crippen LogP contribution is 2.43. The number of nitrogens with zero attached hydrogens (tertiary/aromatic N) is 1. The van der Waals surface area contributed by atoms with Crippen LogP contribution in [0.4, 0.5) is 15.8 Å². The first-order valence-corrected chi connectivity index (χ1v) is 11.6. The number of pyridine rings is 1. The van der Waals surface area contributed by atoms with Crippen LogP contribution in [-0.2, 0) is 6.42 Å². The second-order valence-corrected chi connectivity index (χ2v) is 8.71. The number of halogens is 2. The Morgan fingerprint density at radius 3 is 3.00 bits per heavy atom. The molecule has 0 saturated carbocycles. The van der Waals surface area contributed by atoms with Crippen molar-refractivity contribution in [2.24, 2.45) is 0 Å². The smallest absolute Gasteiger partial charge is 0.255 e. The molecule has 0 bridgehead atoms. The van der Waals surface area contributed by atoms with Gasteiger partial charge < -0.3 is 30.4 Å². The number of aromatic amines is 1. The number of carbonyl (C=O) groups is 1. The normalized spacial score (nSPS) is 17.3. The van der Waals surface area contributed by atoms with E-state index in [1.54, 1.807) is 12.4 Å². The number of hydrogen-bond acceptors (Lipinski definition) is 6. The van der Waals surface area contributed by atoms with Crippen LogP contribution in [0.25, 0.3) is 11.3 Å². The summed E-state index contributed by atoms with van der Waals surface area (Å²) in [6.45, 7) is 2.02. The molecule has 0 spiro atoms. The van der Waals surface area contributed by atoms with E-state index < -0.39 is 5.82 Å². The summed E-state index contributed by atoms with van der Waals surface area (Å²) in [4.78, 5) is 20.5. The van der Waals surface area contributed by atoms with E-state index in [1.807, 2.05) is 6.07 Å². The van der Waals surface area contributed by atoms with Crippen molar-refractivity contribution in [1.29, 1.82) is 0 Å². The Bertz CT molecular complexity index is 1230. The molecule has 0 aliphatic carbocycles. The molecule has 2 aliphatic rings. The predicted octanol–water partition coefficient (Wildman–Crippen LogP) is 4.04. The Morgan fingerprint density at radius 2 is 2.21 bits per heavy atom. The molecule has 10 heteroatoms. The molecule has 178 valence electrons. The van der Waals surface area contributed by atoms with E-state index in [9.17, 15) is 9.18 Å². The van der Waals surface area contributed by atoms with E-state index >= 15 is 0 Å². The fraction of sp³-hybridized carbons (Fsp3) is 0.333. The van der Waals surface area contributed by atoms with Gasteiger partial charge >= 0.3 is 0 Å². The number of hydrogen-bond donors (Lipinski definition) is 4. The van der Waals surface area contributed by atoms with Gasteiger partial charge in [-0.1, -0.05) is 11.6 Å². The summed E-state index contributed by atoms with van der Waals surface area (Å²) >= 11 is 6.21. The van der Waals surface area contributed by atoms with Gasteiger partial charge in [-0.2, -0.15) is 0 Å². The third kappa shape index (κ3) is 4.28. The zero-order chi connectivity index (χ0) is 23.7. The van der Waals surface area contributed by atoms with Crippen molar-refractivity contribution in [1.82, 2.24) is 20.6 Å². The molecule has 1 atom stereocenters. The van der Waals surface area contributed by atoms with Gasteiger partial charge in [-0.3, -0.25) is 9.78 Å². The number of methoxy groups -OCH3 is 1. The molecule has 1 aromatic carbocycles. The number of rotatable bonds is 7. The van der Waals surface area contributed by atoms with Crippen molar-refractivity contribution >= 4 is 28.9 Å². The van der Waals surface area contributed by atoms with Crippen LogP contribution in [0.2, 0.25) is 5.02 Å². The average molecular weight is 486 g/mol. The number of H-pyrrole nitrogens is 1. The number of anilines is 2. The number of benzene rings is 1. The van der Waals surface area contributed by atoms with Crippen LogP contribution < -0.4 is 25.4 Å². The fourth-order valence-electron chi connectivity index (χ4n) is 4.49. The topological polar surface area (TPSA) is 100 Å². The van der Waals surface area contributed by atoms with Gasteiger partial charge in [0.05, 0.1) is 41.0 Å². The third-order valence-electron chi connectivity index (χ3n) is 6.09. The highest BCUT2D eigenvalue weighted by atomic mass is 35.5. The van der Waals surface area contributed by atoms with Gasteiger partial charge in [0, 0.05) is 42.5 Å². The summed E-state index contributed by atoms with van der Waals surface area (Å²) in [5, 5.41) is 9.62. The van der Waals surface area contributed by atoms with Crippen molar-refractivity contribution in [2.75, 3.05) is 32.1 Å². The quantitative estimate of drug-likeness (QED) is 0.403. The molecule has 0 radical (unpaired) electrons. The first kappa shape index (κ1) is 22.5. The number of nitrogens with one attached hydrogen (secondary N) is 4. The van der Waals surface area contributed by atoms with Gasteiger partial charge in [-0.25, -0.2) is 4.39 Å². The molecule has 4 N–H and O–H groups in total. The Hall–Kier alpha value is -3.30. The zero-order valence-corrected chi connectivity index (χ0v) is 19.4. The zero-order valence-electron chi connectivity index (χ0n) is 18.6. The van der Waals surface area contributed by atoms with Crippen molar-refractivity contribution in [3.8, 4) is 22.8 Å². The number of amides is 1. The van der Waals surface area contributed by atoms with Crippen LogP contribution in [0.1, 0.15) is 28.9 Å².